The molecule has 0 spiro atoms. The highest BCUT2D eigenvalue weighted by molar-refractivity contribution is 4.94. The number of rotatable bonds is 15. The Morgan fingerprint density at radius 1 is 0.879 bits per heavy atom. The Labute approximate surface area is 199 Å². The van der Waals surface area contributed by atoms with Gasteiger partial charge in [0, 0.05) is 24.7 Å². The van der Waals surface area contributed by atoms with Crippen LogP contribution in [0.25, 0.3) is 10.4 Å². The van der Waals surface area contributed by atoms with E-state index in [2.05, 4.69) is 30.8 Å². The monoisotopic (exact) mass is 471 g/mol. The molecule has 2 fully saturated rings. The van der Waals surface area contributed by atoms with Crippen molar-refractivity contribution in [3.05, 3.63) is 10.4 Å². The van der Waals surface area contributed by atoms with Gasteiger partial charge in [0.05, 0.1) is 24.4 Å². The fraction of sp³-hybridized carbons (Fsp3) is 1.00. The smallest absolute Gasteiger partial charge is 0.187 e. The molecule has 8 atom stereocenters. The lowest BCUT2D eigenvalue weighted by Gasteiger charge is -2.47. The molecule has 9 nitrogen and oxygen atoms in total. The highest BCUT2D eigenvalue weighted by Crippen LogP contribution is 2.33. The van der Waals surface area contributed by atoms with E-state index in [1.54, 1.807) is 0 Å². The fourth-order valence-electron chi connectivity index (χ4n) is 4.42. The molecule has 0 amide bonds. The normalized spacial score (nSPS) is 34.7. The van der Waals surface area contributed by atoms with Crippen LogP contribution in [0.4, 0.5) is 0 Å². The van der Waals surface area contributed by atoms with Crippen LogP contribution in [0.3, 0.4) is 0 Å². The molecule has 1 aliphatic heterocycles. The predicted octanol–water partition coefficient (Wildman–Crippen LogP) is 4.90. The maximum Gasteiger partial charge on any atom is 0.187 e. The van der Waals surface area contributed by atoms with E-state index in [1.165, 1.54) is 0 Å². The van der Waals surface area contributed by atoms with Crippen LogP contribution < -0.4 is 0 Å². The number of hydrogen-bond donors (Lipinski definition) is 1. The van der Waals surface area contributed by atoms with Crippen molar-refractivity contribution in [1.29, 1.82) is 0 Å². The highest BCUT2D eigenvalue weighted by atomic mass is 16.7. The van der Waals surface area contributed by atoms with Crippen LogP contribution in [0.15, 0.2) is 5.11 Å². The summed E-state index contributed by atoms with van der Waals surface area (Å²) < 4.78 is 31.5. The van der Waals surface area contributed by atoms with Crippen molar-refractivity contribution >= 4 is 0 Å². The first-order valence-electron chi connectivity index (χ1n) is 12.9. The zero-order valence-corrected chi connectivity index (χ0v) is 20.9. The minimum Gasteiger partial charge on any atom is -0.390 e. The van der Waals surface area contributed by atoms with Gasteiger partial charge in [-0.3, -0.25) is 0 Å². The lowest BCUT2D eigenvalue weighted by molar-refractivity contribution is -0.331. The number of ether oxygens (including phenoxy) is 5. The van der Waals surface area contributed by atoms with Gasteiger partial charge in [-0.25, -0.2) is 0 Å². The van der Waals surface area contributed by atoms with E-state index in [4.69, 9.17) is 29.2 Å². The molecule has 0 bridgehead atoms. The topological polar surface area (TPSA) is 115 Å². The third-order valence-corrected chi connectivity index (χ3v) is 6.40. The van der Waals surface area contributed by atoms with Gasteiger partial charge in [-0.15, -0.1) is 0 Å². The van der Waals surface area contributed by atoms with E-state index in [-0.39, 0.29) is 18.3 Å². The Balaban J connectivity index is 2.25. The third-order valence-electron chi connectivity index (χ3n) is 6.40. The average Bonchev–Trinajstić information content (AvgIpc) is 2.80. The van der Waals surface area contributed by atoms with Gasteiger partial charge in [0.25, 0.3) is 0 Å². The first-order chi connectivity index (χ1) is 16.1. The molecule has 1 N–H and O–H groups in total. The summed E-state index contributed by atoms with van der Waals surface area (Å²) in [5.74, 6) is 0. The van der Waals surface area contributed by atoms with Crippen molar-refractivity contribution in [2.45, 2.75) is 134 Å². The Kier molecular flexibility index (Phi) is 13.6. The molecule has 2 rings (SSSR count). The van der Waals surface area contributed by atoms with Crippen molar-refractivity contribution in [1.82, 2.24) is 0 Å². The maximum absolute atomic E-state index is 10.6. The van der Waals surface area contributed by atoms with Gasteiger partial charge in [0.1, 0.15) is 18.3 Å². The van der Waals surface area contributed by atoms with Crippen molar-refractivity contribution in [3.63, 3.8) is 0 Å². The van der Waals surface area contributed by atoms with Gasteiger partial charge >= 0.3 is 0 Å². The lowest BCUT2D eigenvalue weighted by Crippen LogP contribution is -2.62. The Bertz CT molecular complexity index is 576. The van der Waals surface area contributed by atoms with E-state index < -0.39 is 30.6 Å². The molecular formula is C24H45N3O6. The molecule has 1 saturated carbocycles. The molecule has 1 aliphatic carbocycles. The van der Waals surface area contributed by atoms with Crippen LogP contribution in [-0.2, 0) is 23.7 Å². The van der Waals surface area contributed by atoms with Crippen LogP contribution in [0, 0.1) is 0 Å². The van der Waals surface area contributed by atoms with Crippen LogP contribution in [0.1, 0.15) is 85.5 Å². The maximum atomic E-state index is 10.6. The van der Waals surface area contributed by atoms with Crippen LogP contribution in [-0.4, -0.2) is 73.9 Å². The predicted molar refractivity (Wildman–Crippen MR) is 126 cm³/mol. The quantitative estimate of drug-likeness (QED) is 0.157. The summed E-state index contributed by atoms with van der Waals surface area (Å²) in [5, 5.41) is 14.5. The number of hydrogen-bond acceptors (Lipinski definition) is 7. The zero-order chi connectivity index (χ0) is 24.1. The van der Waals surface area contributed by atoms with E-state index in [0.29, 0.717) is 32.7 Å². The number of aliphatic hydroxyl groups excluding tert-OH is 1. The first kappa shape index (κ1) is 28.3. The number of azide groups is 1. The molecule has 1 saturated heterocycles. The zero-order valence-electron chi connectivity index (χ0n) is 20.9. The lowest BCUT2D eigenvalue weighted by atomic mass is 9.90. The summed E-state index contributed by atoms with van der Waals surface area (Å²) in [4.78, 5) is 2.97. The van der Waals surface area contributed by atoms with Crippen molar-refractivity contribution in [2.24, 2.45) is 5.11 Å². The second-order valence-corrected chi connectivity index (χ2v) is 9.15. The van der Waals surface area contributed by atoms with Gasteiger partial charge in [-0.2, -0.15) is 0 Å². The van der Waals surface area contributed by atoms with Gasteiger partial charge < -0.3 is 28.8 Å². The summed E-state index contributed by atoms with van der Waals surface area (Å²) in [5.41, 5.74) is 8.99. The Morgan fingerprint density at radius 3 is 2.03 bits per heavy atom. The average molecular weight is 472 g/mol. The molecule has 9 heteroatoms. The van der Waals surface area contributed by atoms with Crippen molar-refractivity contribution in [3.8, 4) is 0 Å². The van der Waals surface area contributed by atoms with Gasteiger partial charge in [0.2, 0.25) is 0 Å². The Morgan fingerprint density at radius 2 is 1.45 bits per heavy atom. The molecule has 1 heterocycles. The molecule has 4 unspecified atom stereocenters. The largest absolute Gasteiger partial charge is 0.390 e. The molecule has 0 aromatic carbocycles. The third kappa shape index (κ3) is 8.66. The van der Waals surface area contributed by atoms with Crippen LogP contribution in [0.5, 0.6) is 0 Å². The van der Waals surface area contributed by atoms with Gasteiger partial charge in [-0.1, -0.05) is 51.6 Å². The minimum absolute atomic E-state index is 0.274. The second-order valence-electron chi connectivity index (χ2n) is 9.15. The summed E-state index contributed by atoms with van der Waals surface area (Å²) >= 11 is 0. The molecular weight excluding hydrogens is 426 g/mol. The highest BCUT2D eigenvalue weighted by Gasteiger charge is 2.49. The summed E-state index contributed by atoms with van der Waals surface area (Å²) in [7, 11) is 0. The number of unbranched alkanes of at least 4 members (excludes halogenated alkanes) is 3. The minimum atomic E-state index is -0.747. The molecule has 2 aliphatic rings. The van der Waals surface area contributed by atoms with Crippen molar-refractivity contribution < 1.29 is 28.8 Å². The van der Waals surface area contributed by atoms with Crippen molar-refractivity contribution in [2.75, 3.05) is 19.8 Å². The van der Waals surface area contributed by atoms with E-state index in [0.717, 1.165) is 44.9 Å². The van der Waals surface area contributed by atoms with E-state index in [1.807, 2.05) is 6.92 Å². The van der Waals surface area contributed by atoms with Gasteiger partial charge in [0.15, 0.2) is 6.29 Å². The first-order valence-corrected chi connectivity index (χ1v) is 12.9. The standard InChI is InChI=1S/C24H45N3O6/c1-5-8-14-29-20-17(4)32-24(33-21-18(26-27-25)12-11-13-19(21)28)23(31-16-10-7-3)22(20)30-15-9-6-2/h17-24,28H,5-16H2,1-4H3/t17?,18-,19-,20-,21?,22?,23?,24+/m1/s1. The SMILES string of the molecule is CCCCOC1C(OCCCC)[C@H](OCCCC)C(C)O[C@H]1OC1[C@H](O)CCC[C@H]1N=[N+]=[N-]. The number of nitrogens with zero attached hydrogens (tertiary/aromatic N) is 3. The molecule has 0 radical (unpaired) electrons. The summed E-state index contributed by atoms with van der Waals surface area (Å²) in [6.45, 7) is 10.1. The van der Waals surface area contributed by atoms with Crippen LogP contribution in [0.2, 0.25) is 0 Å². The summed E-state index contributed by atoms with van der Waals surface area (Å²) in [6.07, 6.45) is 4.47. The Hall–Kier alpha value is -0.930. The molecule has 0 aromatic heterocycles. The van der Waals surface area contributed by atoms with E-state index >= 15 is 0 Å². The van der Waals surface area contributed by atoms with Crippen LogP contribution >= 0.6 is 0 Å². The molecule has 192 valence electrons. The van der Waals surface area contributed by atoms with Gasteiger partial charge in [-0.05, 0) is 44.6 Å². The summed E-state index contributed by atoms with van der Waals surface area (Å²) in [6, 6.07) is -0.438. The van der Waals surface area contributed by atoms with E-state index in [9.17, 15) is 5.11 Å². The molecule has 0 aromatic rings. The molecule has 33 heavy (non-hydrogen) atoms. The fourth-order valence-corrected chi connectivity index (χ4v) is 4.42. The second kappa shape index (κ2) is 15.9. The number of aliphatic hydroxyl groups is 1.